The molecule has 0 radical (unpaired) electrons. The zero-order chi connectivity index (χ0) is 16.1. The number of nitrogens with one attached hydrogen (secondary N) is 1. The zero-order valence-electron chi connectivity index (χ0n) is 13.0. The Morgan fingerprint density at radius 3 is 2.43 bits per heavy atom. The van der Waals surface area contributed by atoms with Crippen molar-refractivity contribution >= 4 is 17.5 Å². The van der Waals surface area contributed by atoms with E-state index in [0.717, 1.165) is 18.5 Å². The Bertz CT molecular complexity index is 649. The minimum absolute atomic E-state index is 0.101. The summed E-state index contributed by atoms with van der Waals surface area (Å²) in [5.41, 5.74) is 1.32. The average molecular weight is 333 g/mol. The van der Waals surface area contributed by atoms with Crippen LogP contribution in [0.4, 0.5) is 0 Å². The third-order valence-corrected chi connectivity index (χ3v) is 4.68. The number of aromatic nitrogens is 3. The molecule has 3 rings (SSSR count). The number of amides is 1. The molecule has 0 aliphatic heterocycles. The van der Waals surface area contributed by atoms with Gasteiger partial charge in [-0.25, -0.2) is 0 Å². The van der Waals surface area contributed by atoms with Crippen LogP contribution in [0.5, 0.6) is 0 Å². The molecule has 1 amide bonds. The van der Waals surface area contributed by atoms with Gasteiger partial charge in [0.15, 0.2) is 0 Å². The van der Waals surface area contributed by atoms with Gasteiger partial charge < -0.3 is 5.32 Å². The van der Waals surface area contributed by atoms with Gasteiger partial charge in [-0.2, -0.15) is 0 Å². The molecule has 0 saturated heterocycles. The molecule has 1 aromatic heterocycles. The summed E-state index contributed by atoms with van der Waals surface area (Å²) in [5, 5.41) is 11.2. The molecule has 1 fully saturated rings. The first-order chi connectivity index (χ1) is 11.2. The zero-order valence-corrected chi connectivity index (χ0v) is 13.8. The van der Waals surface area contributed by atoms with Crippen LogP contribution in [0.1, 0.15) is 55.3 Å². The predicted molar refractivity (Wildman–Crippen MR) is 89.9 cm³/mol. The highest BCUT2D eigenvalue weighted by molar-refractivity contribution is 6.33. The smallest absolute Gasteiger partial charge is 0.253 e. The van der Waals surface area contributed by atoms with Gasteiger partial charge in [0.25, 0.3) is 5.91 Å². The second-order valence-corrected chi connectivity index (χ2v) is 6.46. The van der Waals surface area contributed by atoms with Gasteiger partial charge in [0, 0.05) is 11.7 Å². The molecule has 0 spiro atoms. The maximum absolute atomic E-state index is 12.6. The summed E-state index contributed by atoms with van der Waals surface area (Å²) < 4.78 is 1.75. The molecular weight excluding hydrogens is 312 g/mol. The molecular formula is C17H21ClN4O. The van der Waals surface area contributed by atoms with E-state index in [1.807, 2.05) is 6.07 Å². The highest BCUT2D eigenvalue weighted by Gasteiger charge is 2.17. The Morgan fingerprint density at radius 2 is 1.74 bits per heavy atom. The van der Waals surface area contributed by atoms with Crippen molar-refractivity contribution in [1.29, 1.82) is 0 Å². The molecule has 1 N–H and O–H groups in total. The van der Waals surface area contributed by atoms with Gasteiger partial charge in [0.05, 0.1) is 10.6 Å². The van der Waals surface area contributed by atoms with Crippen LogP contribution in [0.3, 0.4) is 0 Å². The van der Waals surface area contributed by atoms with E-state index in [-0.39, 0.29) is 11.9 Å². The number of hydrogen-bond donors (Lipinski definition) is 1. The molecule has 122 valence electrons. The highest BCUT2D eigenvalue weighted by Crippen LogP contribution is 2.22. The topological polar surface area (TPSA) is 59.8 Å². The summed E-state index contributed by atoms with van der Waals surface area (Å²) in [6, 6.07) is 5.61. The van der Waals surface area contributed by atoms with E-state index in [1.165, 1.54) is 32.1 Å². The lowest BCUT2D eigenvalue weighted by Crippen LogP contribution is -2.35. The molecule has 1 aliphatic carbocycles. The van der Waals surface area contributed by atoms with E-state index in [2.05, 4.69) is 15.5 Å². The lowest BCUT2D eigenvalue weighted by atomic mass is 9.96. The first-order valence-electron chi connectivity index (χ1n) is 8.19. The maximum atomic E-state index is 12.6. The van der Waals surface area contributed by atoms with Crippen molar-refractivity contribution < 1.29 is 4.79 Å². The summed E-state index contributed by atoms with van der Waals surface area (Å²) in [5.74, 6) is -0.101. The van der Waals surface area contributed by atoms with Gasteiger partial charge >= 0.3 is 0 Å². The van der Waals surface area contributed by atoms with Crippen molar-refractivity contribution in [3.8, 4) is 5.69 Å². The number of rotatable bonds is 3. The van der Waals surface area contributed by atoms with Gasteiger partial charge in [-0.1, -0.05) is 43.7 Å². The average Bonchev–Trinajstić information content (AvgIpc) is 3.04. The van der Waals surface area contributed by atoms with Gasteiger partial charge in [-0.15, -0.1) is 10.2 Å². The third kappa shape index (κ3) is 4.10. The van der Waals surface area contributed by atoms with Crippen LogP contribution in [-0.4, -0.2) is 26.7 Å². The molecule has 2 aromatic rings. The van der Waals surface area contributed by atoms with Gasteiger partial charge in [0.2, 0.25) is 0 Å². The number of halogens is 1. The molecule has 5 nitrogen and oxygen atoms in total. The fourth-order valence-corrected chi connectivity index (χ4v) is 3.25. The van der Waals surface area contributed by atoms with E-state index in [4.69, 9.17) is 11.6 Å². The first-order valence-corrected chi connectivity index (χ1v) is 8.57. The fourth-order valence-electron chi connectivity index (χ4n) is 3.05. The minimum atomic E-state index is -0.101. The van der Waals surface area contributed by atoms with Crippen LogP contribution in [0.15, 0.2) is 30.9 Å². The lowest BCUT2D eigenvalue weighted by Gasteiger charge is -2.21. The van der Waals surface area contributed by atoms with Crippen LogP contribution in [-0.2, 0) is 0 Å². The van der Waals surface area contributed by atoms with Crippen molar-refractivity contribution in [3.63, 3.8) is 0 Å². The van der Waals surface area contributed by atoms with Crippen molar-refractivity contribution in [2.24, 2.45) is 0 Å². The molecule has 1 saturated carbocycles. The van der Waals surface area contributed by atoms with Crippen molar-refractivity contribution in [1.82, 2.24) is 20.1 Å². The molecule has 1 aliphatic rings. The minimum Gasteiger partial charge on any atom is -0.349 e. The van der Waals surface area contributed by atoms with Crippen molar-refractivity contribution in [2.45, 2.75) is 51.0 Å². The Labute approximate surface area is 141 Å². The molecule has 0 atom stereocenters. The second kappa shape index (κ2) is 7.59. The van der Waals surface area contributed by atoms with Crippen molar-refractivity contribution in [2.75, 3.05) is 0 Å². The van der Waals surface area contributed by atoms with Gasteiger partial charge in [0.1, 0.15) is 12.7 Å². The quantitative estimate of drug-likeness (QED) is 0.930. The summed E-state index contributed by atoms with van der Waals surface area (Å²) in [4.78, 5) is 12.6. The number of carbonyl (C=O) groups excluding carboxylic acids is 1. The Hall–Kier alpha value is -1.88. The maximum Gasteiger partial charge on any atom is 0.253 e. The summed E-state index contributed by atoms with van der Waals surface area (Å²) in [6.07, 6.45) is 11.5. The van der Waals surface area contributed by atoms with Crippen LogP contribution in [0.25, 0.3) is 5.69 Å². The van der Waals surface area contributed by atoms with Crippen molar-refractivity contribution in [3.05, 3.63) is 41.4 Å². The fraction of sp³-hybridized carbons (Fsp3) is 0.471. The van der Waals surface area contributed by atoms with Crippen LogP contribution in [0.2, 0.25) is 5.02 Å². The SMILES string of the molecule is O=C(NC1CCCCCCC1)c1cc(-n2cnnc2)ccc1Cl. The largest absolute Gasteiger partial charge is 0.349 e. The lowest BCUT2D eigenvalue weighted by molar-refractivity contribution is 0.0930. The molecule has 1 aromatic carbocycles. The summed E-state index contributed by atoms with van der Waals surface area (Å²) in [6.45, 7) is 0. The third-order valence-electron chi connectivity index (χ3n) is 4.35. The molecule has 0 bridgehead atoms. The van der Waals surface area contributed by atoms with Crippen LogP contribution < -0.4 is 5.32 Å². The van der Waals surface area contributed by atoms with Gasteiger partial charge in [-0.3, -0.25) is 9.36 Å². The molecule has 23 heavy (non-hydrogen) atoms. The number of nitrogens with zero attached hydrogens (tertiary/aromatic N) is 3. The molecule has 1 heterocycles. The number of carbonyl (C=O) groups is 1. The van der Waals surface area contributed by atoms with Gasteiger partial charge in [-0.05, 0) is 31.0 Å². The highest BCUT2D eigenvalue weighted by atomic mass is 35.5. The number of hydrogen-bond acceptors (Lipinski definition) is 3. The summed E-state index contributed by atoms with van der Waals surface area (Å²) >= 11 is 6.23. The summed E-state index contributed by atoms with van der Waals surface area (Å²) in [7, 11) is 0. The molecule has 6 heteroatoms. The standard InChI is InChI=1S/C17H21ClN4O/c18-16-9-8-14(22-11-19-20-12-22)10-15(16)17(23)21-13-6-4-2-1-3-5-7-13/h8-13H,1-7H2,(H,21,23). The Kier molecular flexibility index (Phi) is 5.28. The predicted octanol–water partition coefficient (Wildman–Crippen LogP) is 3.76. The van der Waals surface area contributed by atoms with E-state index >= 15 is 0 Å². The molecule has 0 unspecified atom stereocenters. The van der Waals surface area contributed by atoms with Crippen LogP contribution >= 0.6 is 11.6 Å². The normalized spacial score (nSPS) is 16.6. The van der Waals surface area contributed by atoms with E-state index < -0.39 is 0 Å². The monoisotopic (exact) mass is 332 g/mol. The van der Waals surface area contributed by atoms with Crippen LogP contribution in [0, 0.1) is 0 Å². The Morgan fingerprint density at radius 1 is 1.09 bits per heavy atom. The second-order valence-electron chi connectivity index (χ2n) is 6.05. The first kappa shape index (κ1) is 16.0. The van der Waals surface area contributed by atoms with E-state index in [9.17, 15) is 4.79 Å². The number of benzene rings is 1. The van der Waals surface area contributed by atoms with E-state index in [1.54, 1.807) is 29.4 Å². The van der Waals surface area contributed by atoms with E-state index in [0.29, 0.717) is 10.6 Å². The Balaban J connectivity index is 1.74.